The first-order valence-electron chi connectivity index (χ1n) is 5.65. The molecule has 10 heteroatoms. The van der Waals surface area contributed by atoms with Crippen molar-refractivity contribution >= 4 is 42.0 Å². The predicted octanol–water partition coefficient (Wildman–Crippen LogP) is 0.366. The number of nitrogens with zero attached hydrogens (tertiary/aromatic N) is 1. The lowest BCUT2D eigenvalue weighted by Gasteiger charge is -2.07. The molecule has 0 aliphatic carbocycles. The van der Waals surface area contributed by atoms with Gasteiger partial charge in [-0.1, -0.05) is 13.8 Å². The second kappa shape index (κ2) is 6.06. The molecule has 0 spiro atoms. The highest BCUT2D eigenvalue weighted by Crippen LogP contribution is 2.31. The molecule has 1 aromatic rings. The van der Waals surface area contributed by atoms with E-state index in [1.807, 2.05) is 0 Å². The zero-order valence-corrected chi connectivity index (χ0v) is 13.2. The number of hydrogen-bond donors (Lipinski definition) is 2. The Kier molecular flexibility index (Phi) is 5.16. The van der Waals surface area contributed by atoms with Gasteiger partial charge in [-0.25, -0.2) is 16.8 Å². The number of nitrogens with two attached hydrogens (primary N) is 1. The fourth-order valence-electron chi connectivity index (χ4n) is 1.32. The maximum atomic E-state index is 11.8. The summed E-state index contributed by atoms with van der Waals surface area (Å²) in [6.45, 7) is 3.20. The molecule has 0 radical (unpaired) electrons. The van der Waals surface area contributed by atoms with Crippen molar-refractivity contribution < 1.29 is 16.8 Å². The van der Waals surface area contributed by atoms with E-state index in [2.05, 4.69) is 9.69 Å². The van der Waals surface area contributed by atoms with Crippen LogP contribution in [0.15, 0.2) is 4.90 Å². The number of sulfone groups is 2. The number of rotatable bonds is 7. The van der Waals surface area contributed by atoms with Crippen LogP contribution in [0, 0.1) is 0 Å². The molecule has 0 amide bonds. The lowest BCUT2D eigenvalue weighted by Crippen LogP contribution is -2.18. The summed E-state index contributed by atoms with van der Waals surface area (Å²) in [6, 6.07) is 0. The van der Waals surface area contributed by atoms with Crippen molar-refractivity contribution in [2.75, 3.05) is 34.9 Å². The van der Waals surface area contributed by atoms with E-state index in [0.717, 1.165) is 11.5 Å². The Bertz CT molecular complexity index is 634. The molecule has 0 aromatic carbocycles. The van der Waals surface area contributed by atoms with E-state index < -0.39 is 19.7 Å². The number of nitrogen functional groups attached to an aromatic ring is 1. The van der Waals surface area contributed by atoms with Crippen molar-refractivity contribution in [1.29, 1.82) is 0 Å². The fourth-order valence-corrected chi connectivity index (χ4v) is 4.21. The first-order valence-corrected chi connectivity index (χ1v) is 9.90. The summed E-state index contributed by atoms with van der Waals surface area (Å²) in [5.41, 5.74) is 5.55. The minimum Gasteiger partial charge on any atom is -0.382 e. The first kappa shape index (κ1) is 16.2. The highest BCUT2D eigenvalue weighted by Gasteiger charge is 2.23. The van der Waals surface area contributed by atoms with Crippen molar-refractivity contribution in [2.24, 2.45) is 0 Å². The van der Waals surface area contributed by atoms with Crippen molar-refractivity contribution in [3.8, 4) is 0 Å². The molecule has 0 saturated carbocycles. The summed E-state index contributed by atoms with van der Waals surface area (Å²) in [4.78, 5) is -0.0334. The molecule has 0 fully saturated rings. The summed E-state index contributed by atoms with van der Waals surface area (Å²) < 4.78 is 50.2. The van der Waals surface area contributed by atoms with Crippen molar-refractivity contribution in [1.82, 2.24) is 4.37 Å². The van der Waals surface area contributed by atoms with Crippen LogP contribution in [0.2, 0.25) is 0 Å². The summed E-state index contributed by atoms with van der Waals surface area (Å²) in [7, 11) is -6.57. The lowest BCUT2D eigenvalue weighted by molar-refractivity contribution is 0.597. The Balaban J connectivity index is 2.87. The lowest BCUT2D eigenvalue weighted by atomic mass is 10.6. The molecule has 0 aliphatic heterocycles. The third kappa shape index (κ3) is 4.05. The Morgan fingerprint density at radius 2 is 1.84 bits per heavy atom. The minimum atomic E-state index is -3.48. The van der Waals surface area contributed by atoms with Gasteiger partial charge in [0.2, 0.25) is 0 Å². The number of anilines is 2. The highest BCUT2D eigenvalue weighted by molar-refractivity contribution is 7.92. The molecule has 19 heavy (non-hydrogen) atoms. The van der Waals surface area contributed by atoms with Crippen molar-refractivity contribution in [3.05, 3.63) is 0 Å². The molecule has 0 saturated heterocycles. The normalized spacial score (nSPS) is 12.5. The highest BCUT2D eigenvalue weighted by atomic mass is 32.2. The van der Waals surface area contributed by atoms with Gasteiger partial charge in [-0.2, -0.15) is 4.37 Å². The van der Waals surface area contributed by atoms with Gasteiger partial charge in [0.05, 0.1) is 11.5 Å². The Morgan fingerprint density at radius 3 is 2.37 bits per heavy atom. The van der Waals surface area contributed by atoms with Crippen molar-refractivity contribution in [3.63, 3.8) is 0 Å². The average molecular weight is 327 g/mol. The van der Waals surface area contributed by atoms with Crippen LogP contribution in [-0.4, -0.2) is 45.0 Å². The summed E-state index contributed by atoms with van der Waals surface area (Å²) in [6.07, 6.45) is 0. The Labute approximate surface area is 117 Å². The predicted molar refractivity (Wildman–Crippen MR) is 77.1 cm³/mol. The molecule has 7 nitrogen and oxygen atoms in total. The molecule has 110 valence electrons. The summed E-state index contributed by atoms with van der Waals surface area (Å²) in [5.74, 6) is -0.142. The summed E-state index contributed by atoms with van der Waals surface area (Å²) in [5, 5.41) is 3.08. The van der Waals surface area contributed by atoms with Crippen LogP contribution in [0.5, 0.6) is 0 Å². The number of nitrogens with one attached hydrogen (secondary N) is 1. The van der Waals surface area contributed by atoms with Gasteiger partial charge in [0.15, 0.2) is 25.5 Å². The van der Waals surface area contributed by atoms with E-state index in [-0.39, 0.29) is 34.5 Å². The van der Waals surface area contributed by atoms with E-state index in [9.17, 15) is 16.8 Å². The van der Waals surface area contributed by atoms with Crippen LogP contribution < -0.4 is 11.1 Å². The van der Waals surface area contributed by atoms with E-state index in [1.165, 1.54) is 6.92 Å². The van der Waals surface area contributed by atoms with Crippen LogP contribution in [0.3, 0.4) is 0 Å². The second-order valence-electron chi connectivity index (χ2n) is 3.79. The molecular formula is C9H17N3O4S3. The van der Waals surface area contributed by atoms with Gasteiger partial charge >= 0.3 is 0 Å². The van der Waals surface area contributed by atoms with Gasteiger partial charge in [0, 0.05) is 12.3 Å². The largest absolute Gasteiger partial charge is 0.382 e. The molecular weight excluding hydrogens is 310 g/mol. The zero-order chi connectivity index (χ0) is 14.7. The monoisotopic (exact) mass is 327 g/mol. The van der Waals surface area contributed by atoms with E-state index in [0.29, 0.717) is 5.00 Å². The minimum absolute atomic E-state index is 0.0334. The molecule has 1 heterocycles. The van der Waals surface area contributed by atoms with E-state index in [4.69, 9.17) is 5.73 Å². The quantitative estimate of drug-likeness (QED) is 0.742. The summed E-state index contributed by atoms with van der Waals surface area (Å²) >= 11 is 0.916. The van der Waals surface area contributed by atoms with Crippen LogP contribution >= 0.6 is 11.5 Å². The van der Waals surface area contributed by atoms with Crippen LogP contribution in [-0.2, 0) is 19.7 Å². The number of aromatic nitrogens is 1. The molecule has 3 N–H and O–H groups in total. The standard InChI is InChI=1S/C9H17N3O4S3/c1-3-18(13,14)6-5-11-9-7(8(10)12-17-9)19(15,16)4-2/h11H,3-6H2,1-2H3,(H2,10,12). The first-order chi connectivity index (χ1) is 8.73. The van der Waals surface area contributed by atoms with E-state index in [1.54, 1.807) is 6.92 Å². The average Bonchev–Trinajstić information content (AvgIpc) is 2.71. The van der Waals surface area contributed by atoms with Gasteiger partial charge in [-0.3, -0.25) is 0 Å². The van der Waals surface area contributed by atoms with Crippen LogP contribution in [0.4, 0.5) is 10.8 Å². The third-order valence-electron chi connectivity index (χ3n) is 2.50. The van der Waals surface area contributed by atoms with Crippen molar-refractivity contribution in [2.45, 2.75) is 18.7 Å². The maximum Gasteiger partial charge on any atom is 0.184 e. The molecule has 0 bridgehead atoms. The number of hydrogen-bond acceptors (Lipinski definition) is 8. The zero-order valence-electron chi connectivity index (χ0n) is 10.7. The van der Waals surface area contributed by atoms with E-state index >= 15 is 0 Å². The Hall–Kier alpha value is -0.870. The van der Waals surface area contributed by atoms with Gasteiger partial charge < -0.3 is 11.1 Å². The molecule has 1 rings (SSSR count). The maximum absolute atomic E-state index is 11.8. The molecule has 0 atom stereocenters. The Morgan fingerprint density at radius 1 is 1.21 bits per heavy atom. The fraction of sp³-hybridized carbons (Fsp3) is 0.667. The molecule has 0 aliphatic rings. The SMILES string of the molecule is CCS(=O)(=O)CCNc1snc(N)c1S(=O)(=O)CC. The third-order valence-corrected chi connectivity index (χ3v) is 6.95. The van der Waals surface area contributed by atoms with Gasteiger partial charge in [0.25, 0.3) is 0 Å². The molecule has 0 unspecified atom stereocenters. The second-order valence-corrected chi connectivity index (χ2v) is 9.25. The molecule has 1 aromatic heterocycles. The van der Waals surface area contributed by atoms with Crippen LogP contribution in [0.25, 0.3) is 0 Å². The smallest absolute Gasteiger partial charge is 0.184 e. The van der Waals surface area contributed by atoms with Gasteiger partial charge in [-0.05, 0) is 11.5 Å². The topological polar surface area (TPSA) is 119 Å². The van der Waals surface area contributed by atoms with Gasteiger partial charge in [0.1, 0.15) is 9.90 Å². The van der Waals surface area contributed by atoms with Gasteiger partial charge in [-0.15, -0.1) is 0 Å². The van der Waals surface area contributed by atoms with Crippen LogP contribution in [0.1, 0.15) is 13.8 Å².